The molecule has 0 atom stereocenters. The topological polar surface area (TPSA) is 61.6 Å². The number of amides is 2. The Bertz CT molecular complexity index is 718. The molecule has 1 fully saturated rings. The van der Waals surface area contributed by atoms with Gasteiger partial charge in [-0.15, -0.1) is 0 Å². The zero-order chi connectivity index (χ0) is 17.1. The van der Waals surface area contributed by atoms with Gasteiger partial charge in [0.2, 0.25) is 0 Å². The maximum atomic E-state index is 12.6. The van der Waals surface area contributed by atoms with Crippen LogP contribution in [-0.2, 0) is 6.42 Å². The summed E-state index contributed by atoms with van der Waals surface area (Å²) in [6.07, 6.45) is 0.899. The molecular formula is C18H24N4O2. The van der Waals surface area contributed by atoms with E-state index < -0.39 is 0 Å². The van der Waals surface area contributed by atoms with Crippen LogP contribution in [0.5, 0.6) is 0 Å². The van der Waals surface area contributed by atoms with Gasteiger partial charge in [0.05, 0.1) is 0 Å². The average molecular weight is 328 g/mol. The van der Waals surface area contributed by atoms with Crippen LogP contribution in [0, 0.1) is 13.8 Å². The summed E-state index contributed by atoms with van der Waals surface area (Å²) < 4.78 is 5.13. The molecule has 3 rings (SSSR count). The smallest absolute Gasteiger partial charge is 0.321 e. The summed E-state index contributed by atoms with van der Waals surface area (Å²) in [7, 11) is 0. The Morgan fingerprint density at radius 1 is 1.25 bits per heavy atom. The van der Waals surface area contributed by atoms with E-state index in [1.54, 1.807) is 0 Å². The van der Waals surface area contributed by atoms with Crippen LogP contribution < -0.4 is 10.2 Å². The van der Waals surface area contributed by atoms with E-state index in [4.69, 9.17) is 4.52 Å². The fraction of sp³-hybridized carbons (Fsp3) is 0.444. The van der Waals surface area contributed by atoms with Gasteiger partial charge in [-0.25, -0.2) is 4.79 Å². The molecule has 0 bridgehead atoms. The minimum absolute atomic E-state index is 0.0324. The summed E-state index contributed by atoms with van der Waals surface area (Å²) in [5.74, 6) is 1.65. The van der Waals surface area contributed by atoms with Gasteiger partial charge in [-0.2, -0.15) is 0 Å². The van der Waals surface area contributed by atoms with Crippen LogP contribution in [0.15, 0.2) is 28.8 Å². The number of aryl methyl sites for hydroxylation is 3. The van der Waals surface area contributed by atoms with E-state index in [9.17, 15) is 4.79 Å². The van der Waals surface area contributed by atoms with Crippen LogP contribution in [0.25, 0.3) is 0 Å². The number of nitrogens with one attached hydrogen (secondary N) is 1. The molecule has 0 aliphatic carbocycles. The van der Waals surface area contributed by atoms with E-state index >= 15 is 0 Å². The molecule has 6 nitrogen and oxygen atoms in total. The van der Waals surface area contributed by atoms with E-state index in [-0.39, 0.29) is 6.03 Å². The zero-order valence-electron chi connectivity index (χ0n) is 14.5. The van der Waals surface area contributed by atoms with Crippen molar-refractivity contribution in [2.45, 2.75) is 27.2 Å². The number of para-hydroxylation sites is 1. The summed E-state index contributed by atoms with van der Waals surface area (Å²) in [6.45, 7) is 8.87. The number of hydrogen-bond donors (Lipinski definition) is 1. The number of benzene rings is 1. The normalized spacial score (nSPS) is 14.8. The standard InChI is InChI=1S/C18H24N4O2/c1-4-15-7-5-6-13(2)17(15)19-18(23)22-10-8-21(9-11-22)16-12-14(3)24-20-16/h5-7,12H,4,8-11H2,1-3H3,(H,19,23). The molecule has 1 saturated heterocycles. The van der Waals surface area contributed by atoms with Crippen molar-refractivity contribution >= 4 is 17.5 Å². The predicted molar refractivity (Wildman–Crippen MR) is 94.6 cm³/mol. The summed E-state index contributed by atoms with van der Waals surface area (Å²) in [4.78, 5) is 16.6. The first-order valence-corrected chi connectivity index (χ1v) is 8.41. The Morgan fingerprint density at radius 3 is 2.62 bits per heavy atom. The highest BCUT2D eigenvalue weighted by Crippen LogP contribution is 2.22. The largest absolute Gasteiger partial charge is 0.360 e. The Labute approximate surface area is 142 Å². The Balaban J connectivity index is 1.62. The van der Waals surface area contributed by atoms with Gasteiger partial charge in [0, 0.05) is 37.9 Å². The van der Waals surface area contributed by atoms with E-state index in [0.717, 1.165) is 42.3 Å². The molecule has 24 heavy (non-hydrogen) atoms. The number of piperazine rings is 1. The fourth-order valence-electron chi connectivity index (χ4n) is 3.03. The Morgan fingerprint density at radius 2 is 2.00 bits per heavy atom. The molecule has 128 valence electrons. The average Bonchev–Trinajstić information content (AvgIpc) is 3.03. The molecular weight excluding hydrogens is 304 g/mol. The van der Waals surface area contributed by atoms with Crippen molar-refractivity contribution < 1.29 is 9.32 Å². The van der Waals surface area contributed by atoms with Crippen LogP contribution in [0.1, 0.15) is 23.8 Å². The highest BCUT2D eigenvalue weighted by molar-refractivity contribution is 5.91. The summed E-state index contributed by atoms with van der Waals surface area (Å²) in [5, 5.41) is 7.14. The number of nitrogens with zero attached hydrogens (tertiary/aromatic N) is 3. The molecule has 0 unspecified atom stereocenters. The second-order valence-corrected chi connectivity index (χ2v) is 6.16. The maximum Gasteiger partial charge on any atom is 0.321 e. The van der Waals surface area contributed by atoms with Gasteiger partial charge in [0.1, 0.15) is 5.76 Å². The molecule has 1 N–H and O–H groups in total. The fourth-order valence-corrected chi connectivity index (χ4v) is 3.03. The number of urea groups is 1. The molecule has 1 aliphatic heterocycles. The minimum Gasteiger partial charge on any atom is -0.360 e. The summed E-state index contributed by atoms with van der Waals surface area (Å²) >= 11 is 0. The predicted octanol–water partition coefficient (Wildman–Crippen LogP) is 3.21. The van der Waals surface area contributed by atoms with Crippen LogP contribution in [0.3, 0.4) is 0 Å². The first-order chi connectivity index (χ1) is 11.6. The highest BCUT2D eigenvalue weighted by Gasteiger charge is 2.23. The number of hydrogen-bond acceptors (Lipinski definition) is 4. The van der Waals surface area contributed by atoms with Gasteiger partial charge < -0.3 is 19.6 Å². The summed E-state index contributed by atoms with van der Waals surface area (Å²) in [5.41, 5.74) is 3.21. The molecule has 2 heterocycles. The number of aromatic nitrogens is 1. The lowest BCUT2D eigenvalue weighted by Crippen LogP contribution is -2.50. The molecule has 2 amide bonds. The van der Waals surface area contributed by atoms with Crippen molar-refractivity contribution in [3.05, 3.63) is 41.2 Å². The van der Waals surface area contributed by atoms with Crippen molar-refractivity contribution in [2.24, 2.45) is 0 Å². The number of rotatable bonds is 3. The third kappa shape index (κ3) is 3.37. The molecule has 0 spiro atoms. The lowest BCUT2D eigenvalue weighted by Gasteiger charge is -2.34. The molecule has 0 saturated carbocycles. The molecule has 1 aliphatic rings. The van der Waals surface area contributed by atoms with Crippen LogP contribution in [0.4, 0.5) is 16.3 Å². The van der Waals surface area contributed by atoms with Gasteiger partial charge in [0.15, 0.2) is 5.82 Å². The van der Waals surface area contributed by atoms with Crippen molar-refractivity contribution in [3.8, 4) is 0 Å². The van der Waals surface area contributed by atoms with Crippen molar-refractivity contribution in [1.29, 1.82) is 0 Å². The first-order valence-electron chi connectivity index (χ1n) is 8.41. The lowest BCUT2D eigenvalue weighted by molar-refractivity contribution is 0.208. The van der Waals surface area contributed by atoms with E-state index in [1.807, 2.05) is 36.9 Å². The number of carbonyl (C=O) groups excluding carboxylic acids is 1. The van der Waals surface area contributed by atoms with Crippen LogP contribution in [0.2, 0.25) is 0 Å². The van der Waals surface area contributed by atoms with Crippen LogP contribution >= 0.6 is 0 Å². The second-order valence-electron chi connectivity index (χ2n) is 6.16. The second kappa shape index (κ2) is 6.95. The van der Waals surface area contributed by atoms with Gasteiger partial charge >= 0.3 is 6.03 Å². The van der Waals surface area contributed by atoms with Gasteiger partial charge in [-0.05, 0) is 31.4 Å². The Hall–Kier alpha value is -2.50. The molecule has 2 aromatic rings. The van der Waals surface area contributed by atoms with Crippen LogP contribution in [-0.4, -0.2) is 42.3 Å². The SMILES string of the molecule is CCc1cccc(C)c1NC(=O)N1CCN(c2cc(C)on2)CC1. The van der Waals surface area contributed by atoms with Crippen molar-refractivity contribution in [2.75, 3.05) is 36.4 Å². The van der Waals surface area contributed by atoms with E-state index in [2.05, 4.69) is 28.4 Å². The summed E-state index contributed by atoms with van der Waals surface area (Å²) in [6, 6.07) is 8.02. The van der Waals surface area contributed by atoms with Gasteiger partial charge in [0.25, 0.3) is 0 Å². The highest BCUT2D eigenvalue weighted by atomic mass is 16.5. The monoisotopic (exact) mass is 328 g/mol. The maximum absolute atomic E-state index is 12.6. The van der Waals surface area contributed by atoms with Crippen molar-refractivity contribution in [3.63, 3.8) is 0 Å². The van der Waals surface area contributed by atoms with Gasteiger partial charge in [-0.3, -0.25) is 0 Å². The quantitative estimate of drug-likeness (QED) is 0.940. The number of carbonyl (C=O) groups is 1. The molecule has 1 aromatic carbocycles. The first kappa shape index (κ1) is 16.4. The lowest BCUT2D eigenvalue weighted by atomic mass is 10.1. The van der Waals surface area contributed by atoms with E-state index in [0.29, 0.717) is 13.1 Å². The van der Waals surface area contributed by atoms with Crippen molar-refractivity contribution in [1.82, 2.24) is 10.1 Å². The number of anilines is 2. The zero-order valence-corrected chi connectivity index (χ0v) is 14.5. The molecule has 6 heteroatoms. The van der Waals surface area contributed by atoms with E-state index in [1.165, 1.54) is 5.56 Å². The molecule has 1 aromatic heterocycles. The molecule has 0 radical (unpaired) electrons. The third-order valence-electron chi connectivity index (χ3n) is 4.48. The Kier molecular flexibility index (Phi) is 4.74. The third-order valence-corrected chi connectivity index (χ3v) is 4.48. The minimum atomic E-state index is -0.0324. The van der Waals surface area contributed by atoms with Gasteiger partial charge in [-0.1, -0.05) is 30.3 Å².